The van der Waals surface area contributed by atoms with Crippen LogP contribution < -0.4 is 10.1 Å². The van der Waals surface area contributed by atoms with Crippen molar-refractivity contribution < 1.29 is 4.74 Å². The molecule has 1 N–H and O–H groups in total. The van der Waals surface area contributed by atoms with Gasteiger partial charge in [0.25, 0.3) is 0 Å². The number of nitrogens with one attached hydrogen (secondary N) is 1. The minimum atomic E-state index is 0.504. The summed E-state index contributed by atoms with van der Waals surface area (Å²) < 4.78 is 6.71. The van der Waals surface area contributed by atoms with E-state index in [0.29, 0.717) is 12.6 Å². The van der Waals surface area contributed by atoms with Gasteiger partial charge in [0.2, 0.25) is 0 Å². The van der Waals surface area contributed by atoms with Gasteiger partial charge in [-0.1, -0.05) is 24.6 Å². The van der Waals surface area contributed by atoms with Crippen molar-refractivity contribution >= 4 is 22.9 Å². The molecule has 0 fully saturated rings. The first-order chi connectivity index (χ1) is 10.3. The molecular formula is C17H20ClNOS. The van der Waals surface area contributed by atoms with Gasteiger partial charge >= 0.3 is 0 Å². The smallest absolute Gasteiger partial charge is 0.122 e. The Morgan fingerprint density at radius 2 is 2.24 bits per heavy atom. The third kappa shape index (κ3) is 3.60. The lowest BCUT2D eigenvalue weighted by Gasteiger charge is -2.26. The number of fused-ring (bicyclic) bond motifs is 1. The van der Waals surface area contributed by atoms with Gasteiger partial charge in [0, 0.05) is 10.9 Å². The predicted octanol–water partition coefficient (Wildman–Crippen LogP) is 4.97. The third-order valence-corrected chi connectivity index (χ3v) is 5.09. The molecule has 0 radical (unpaired) electrons. The van der Waals surface area contributed by atoms with E-state index in [1.807, 2.05) is 12.1 Å². The largest absolute Gasteiger partial charge is 0.488 e. The van der Waals surface area contributed by atoms with Crippen LogP contribution in [0, 0.1) is 0 Å². The zero-order valence-corrected chi connectivity index (χ0v) is 13.8. The molecule has 21 heavy (non-hydrogen) atoms. The molecule has 4 heteroatoms. The Morgan fingerprint density at radius 3 is 3.00 bits per heavy atom. The first kappa shape index (κ1) is 14.9. The number of halogens is 1. The second-order valence-corrected chi connectivity index (χ2v) is 7.16. The Bertz CT molecular complexity index is 611. The van der Waals surface area contributed by atoms with Gasteiger partial charge in [-0.3, -0.25) is 0 Å². The zero-order valence-electron chi connectivity index (χ0n) is 12.2. The minimum absolute atomic E-state index is 0.504. The molecule has 1 heterocycles. The summed E-state index contributed by atoms with van der Waals surface area (Å²) in [6.07, 6.45) is 3.63. The van der Waals surface area contributed by atoms with E-state index in [0.717, 1.165) is 27.9 Å². The molecule has 0 aliphatic heterocycles. The van der Waals surface area contributed by atoms with Gasteiger partial charge in [0.05, 0.1) is 4.34 Å². The molecule has 2 nitrogen and oxygen atoms in total. The highest BCUT2D eigenvalue weighted by Gasteiger charge is 2.19. The van der Waals surface area contributed by atoms with E-state index >= 15 is 0 Å². The van der Waals surface area contributed by atoms with Gasteiger partial charge in [-0.2, -0.15) is 0 Å². The number of benzene rings is 1. The van der Waals surface area contributed by atoms with Crippen LogP contribution in [0.3, 0.4) is 0 Å². The van der Waals surface area contributed by atoms with Crippen LogP contribution in [0.1, 0.15) is 41.8 Å². The normalized spacial score (nSPS) is 17.5. The van der Waals surface area contributed by atoms with Crippen molar-refractivity contribution in [3.8, 4) is 5.75 Å². The van der Waals surface area contributed by atoms with Crippen LogP contribution in [-0.2, 0) is 13.0 Å². The fourth-order valence-electron chi connectivity index (χ4n) is 2.92. The average molecular weight is 322 g/mol. The van der Waals surface area contributed by atoms with Crippen molar-refractivity contribution in [2.75, 3.05) is 6.54 Å². The highest BCUT2D eigenvalue weighted by molar-refractivity contribution is 7.16. The van der Waals surface area contributed by atoms with Crippen molar-refractivity contribution in [3.05, 3.63) is 50.7 Å². The fourth-order valence-corrected chi connectivity index (χ4v) is 3.92. The van der Waals surface area contributed by atoms with Crippen molar-refractivity contribution in [1.82, 2.24) is 5.32 Å². The first-order valence-electron chi connectivity index (χ1n) is 7.49. The Morgan fingerprint density at radius 1 is 1.33 bits per heavy atom. The highest BCUT2D eigenvalue weighted by Crippen LogP contribution is 2.32. The highest BCUT2D eigenvalue weighted by atomic mass is 35.5. The third-order valence-electron chi connectivity index (χ3n) is 3.89. The Balaban J connectivity index is 1.70. The summed E-state index contributed by atoms with van der Waals surface area (Å²) in [5, 5.41) is 3.57. The van der Waals surface area contributed by atoms with E-state index in [2.05, 4.69) is 30.4 Å². The molecule has 112 valence electrons. The molecule has 2 aromatic rings. The summed E-state index contributed by atoms with van der Waals surface area (Å²) in [4.78, 5) is 1.16. The van der Waals surface area contributed by atoms with Crippen LogP contribution in [0.15, 0.2) is 30.3 Å². The maximum absolute atomic E-state index is 5.94. The number of aryl methyl sites for hydroxylation is 1. The lowest BCUT2D eigenvalue weighted by molar-refractivity contribution is 0.309. The molecule has 0 amide bonds. The summed E-state index contributed by atoms with van der Waals surface area (Å²) in [5.74, 6) is 0.954. The SMILES string of the molecule is CCNC1CCCc2cc(OCc3ccc(Cl)s3)ccc21. The van der Waals surface area contributed by atoms with Crippen LogP contribution in [-0.4, -0.2) is 6.54 Å². The van der Waals surface area contributed by atoms with Gasteiger partial charge in [0.15, 0.2) is 0 Å². The van der Waals surface area contributed by atoms with Crippen LogP contribution in [0.4, 0.5) is 0 Å². The van der Waals surface area contributed by atoms with E-state index in [1.165, 1.54) is 24.0 Å². The molecule has 1 aromatic carbocycles. The maximum atomic E-state index is 5.94. The second-order valence-electron chi connectivity index (χ2n) is 5.36. The molecule has 1 atom stereocenters. The zero-order chi connectivity index (χ0) is 14.7. The quantitative estimate of drug-likeness (QED) is 0.839. The van der Waals surface area contributed by atoms with Crippen LogP contribution in [0.2, 0.25) is 4.34 Å². The van der Waals surface area contributed by atoms with Gasteiger partial charge < -0.3 is 10.1 Å². The molecule has 1 aromatic heterocycles. The van der Waals surface area contributed by atoms with Gasteiger partial charge in [0.1, 0.15) is 12.4 Å². The Kier molecular flexibility index (Phi) is 4.84. The topological polar surface area (TPSA) is 21.3 Å². The van der Waals surface area contributed by atoms with E-state index in [1.54, 1.807) is 11.3 Å². The predicted molar refractivity (Wildman–Crippen MR) is 89.5 cm³/mol. The van der Waals surface area contributed by atoms with Crippen molar-refractivity contribution in [2.24, 2.45) is 0 Å². The maximum Gasteiger partial charge on any atom is 0.122 e. The molecule has 3 rings (SSSR count). The van der Waals surface area contributed by atoms with E-state index < -0.39 is 0 Å². The summed E-state index contributed by atoms with van der Waals surface area (Å²) in [7, 11) is 0. The van der Waals surface area contributed by atoms with E-state index in [4.69, 9.17) is 16.3 Å². The summed E-state index contributed by atoms with van der Waals surface area (Å²) in [6.45, 7) is 3.77. The standard InChI is InChI=1S/C17H20ClNOS/c1-2-19-16-5-3-4-12-10-13(6-8-15(12)16)20-11-14-7-9-17(18)21-14/h6-10,16,19H,2-5,11H2,1H3. The molecule has 0 saturated heterocycles. The van der Waals surface area contributed by atoms with Gasteiger partial charge in [-0.25, -0.2) is 0 Å². The van der Waals surface area contributed by atoms with E-state index in [-0.39, 0.29) is 0 Å². The summed E-state index contributed by atoms with van der Waals surface area (Å²) in [6, 6.07) is 10.9. The minimum Gasteiger partial charge on any atom is -0.488 e. The number of thiophene rings is 1. The van der Waals surface area contributed by atoms with Crippen LogP contribution in [0.5, 0.6) is 5.75 Å². The molecule has 0 spiro atoms. The Hall–Kier alpha value is -1.03. The van der Waals surface area contributed by atoms with Gasteiger partial charge in [-0.15, -0.1) is 11.3 Å². The lowest BCUT2D eigenvalue weighted by atomic mass is 9.87. The van der Waals surface area contributed by atoms with Crippen LogP contribution in [0.25, 0.3) is 0 Å². The number of hydrogen-bond acceptors (Lipinski definition) is 3. The first-order valence-corrected chi connectivity index (χ1v) is 8.69. The monoisotopic (exact) mass is 321 g/mol. The summed E-state index contributed by atoms with van der Waals surface area (Å²) >= 11 is 7.51. The molecule has 0 saturated carbocycles. The Labute approximate surface area is 135 Å². The van der Waals surface area contributed by atoms with Crippen molar-refractivity contribution in [1.29, 1.82) is 0 Å². The van der Waals surface area contributed by atoms with Crippen LogP contribution >= 0.6 is 22.9 Å². The summed E-state index contributed by atoms with van der Waals surface area (Å²) in [5.41, 5.74) is 2.86. The molecular weight excluding hydrogens is 302 g/mol. The molecule has 0 bridgehead atoms. The fraction of sp³-hybridized carbons (Fsp3) is 0.412. The lowest BCUT2D eigenvalue weighted by Crippen LogP contribution is -2.24. The second kappa shape index (κ2) is 6.82. The number of hydrogen-bond donors (Lipinski definition) is 1. The number of ether oxygens (including phenoxy) is 1. The molecule has 1 aliphatic rings. The number of rotatable bonds is 5. The van der Waals surface area contributed by atoms with Crippen molar-refractivity contribution in [2.45, 2.75) is 38.8 Å². The van der Waals surface area contributed by atoms with Crippen molar-refractivity contribution in [3.63, 3.8) is 0 Å². The molecule has 1 aliphatic carbocycles. The molecule has 1 unspecified atom stereocenters. The van der Waals surface area contributed by atoms with Gasteiger partial charge in [-0.05, 0) is 61.2 Å². The average Bonchev–Trinajstić information content (AvgIpc) is 2.91. The van der Waals surface area contributed by atoms with E-state index in [9.17, 15) is 0 Å².